The number of anilines is 1. The van der Waals surface area contributed by atoms with Gasteiger partial charge in [-0.3, -0.25) is 0 Å². The van der Waals surface area contributed by atoms with Crippen LogP contribution in [0.3, 0.4) is 0 Å². The summed E-state index contributed by atoms with van der Waals surface area (Å²) in [7, 11) is 0. The van der Waals surface area contributed by atoms with Crippen LogP contribution < -0.4 is 5.32 Å². The highest BCUT2D eigenvalue weighted by Crippen LogP contribution is 2.27. The summed E-state index contributed by atoms with van der Waals surface area (Å²) in [6, 6.07) is 22.3. The molecule has 0 aliphatic carbocycles. The standard InChI is InChI=1S/C21H21N5O/c27-13-7-12-18(16-8-3-1-4-9-16)24-20-14-19(17-10-5-2-6-11-17)25-21-22-15-23-26(20)21/h1-6,8-11,14-15,18,24,27H,7,12-13H2. The summed E-state index contributed by atoms with van der Waals surface area (Å²) >= 11 is 0. The second-order valence-corrected chi connectivity index (χ2v) is 6.34. The zero-order valence-corrected chi connectivity index (χ0v) is 14.9. The Kier molecular flexibility index (Phi) is 5.07. The summed E-state index contributed by atoms with van der Waals surface area (Å²) in [5.74, 6) is 1.37. The van der Waals surface area contributed by atoms with E-state index in [0.29, 0.717) is 12.2 Å². The van der Waals surface area contributed by atoms with E-state index in [1.165, 1.54) is 6.33 Å². The van der Waals surface area contributed by atoms with Gasteiger partial charge in [-0.15, -0.1) is 0 Å². The van der Waals surface area contributed by atoms with Gasteiger partial charge in [0.05, 0.1) is 11.7 Å². The van der Waals surface area contributed by atoms with Gasteiger partial charge in [0.25, 0.3) is 5.78 Å². The number of nitrogens with one attached hydrogen (secondary N) is 1. The van der Waals surface area contributed by atoms with E-state index in [-0.39, 0.29) is 12.6 Å². The minimum Gasteiger partial charge on any atom is -0.396 e. The molecule has 0 saturated carbocycles. The van der Waals surface area contributed by atoms with Crippen LogP contribution in [-0.2, 0) is 0 Å². The summed E-state index contributed by atoms with van der Waals surface area (Å²) in [6.07, 6.45) is 3.02. The van der Waals surface area contributed by atoms with Gasteiger partial charge in [0, 0.05) is 18.2 Å². The van der Waals surface area contributed by atoms with Crippen LogP contribution in [0.15, 0.2) is 73.1 Å². The number of hydrogen-bond donors (Lipinski definition) is 2. The number of aliphatic hydroxyl groups is 1. The molecule has 1 unspecified atom stereocenters. The number of aromatic nitrogens is 4. The summed E-state index contributed by atoms with van der Waals surface area (Å²) in [5, 5.41) is 17.2. The fraction of sp³-hybridized carbons (Fsp3) is 0.190. The molecule has 0 saturated heterocycles. The lowest BCUT2D eigenvalue weighted by atomic mass is 10.0. The van der Waals surface area contributed by atoms with E-state index < -0.39 is 0 Å². The molecule has 2 heterocycles. The fourth-order valence-electron chi connectivity index (χ4n) is 3.15. The predicted molar refractivity (Wildman–Crippen MR) is 105 cm³/mol. The molecule has 0 radical (unpaired) electrons. The second-order valence-electron chi connectivity index (χ2n) is 6.34. The number of fused-ring (bicyclic) bond motifs is 1. The van der Waals surface area contributed by atoms with Crippen LogP contribution in [0.4, 0.5) is 5.82 Å². The van der Waals surface area contributed by atoms with Gasteiger partial charge in [0.2, 0.25) is 0 Å². The van der Waals surface area contributed by atoms with Crippen LogP contribution in [0.2, 0.25) is 0 Å². The molecule has 2 N–H and O–H groups in total. The maximum Gasteiger partial charge on any atom is 0.254 e. The molecule has 1 atom stereocenters. The van der Waals surface area contributed by atoms with Crippen molar-refractivity contribution < 1.29 is 5.11 Å². The highest BCUT2D eigenvalue weighted by molar-refractivity contribution is 5.65. The van der Waals surface area contributed by atoms with Gasteiger partial charge < -0.3 is 10.4 Å². The van der Waals surface area contributed by atoms with Gasteiger partial charge in [0.1, 0.15) is 12.1 Å². The normalized spacial score (nSPS) is 12.2. The van der Waals surface area contributed by atoms with Crippen molar-refractivity contribution >= 4 is 11.6 Å². The zero-order valence-electron chi connectivity index (χ0n) is 14.9. The average molecular weight is 359 g/mol. The molecule has 0 aliphatic rings. The minimum absolute atomic E-state index is 0.0526. The van der Waals surface area contributed by atoms with Crippen LogP contribution >= 0.6 is 0 Å². The second kappa shape index (κ2) is 7.97. The van der Waals surface area contributed by atoms with Crippen molar-refractivity contribution in [1.29, 1.82) is 0 Å². The maximum absolute atomic E-state index is 9.29. The topological polar surface area (TPSA) is 75.3 Å². The molecular formula is C21H21N5O. The van der Waals surface area contributed by atoms with E-state index in [9.17, 15) is 5.11 Å². The summed E-state index contributed by atoms with van der Waals surface area (Å²) < 4.78 is 1.71. The zero-order chi connectivity index (χ0) is 18.5. The first kappa shape index (κ1) is 17.2. The first-order valence-electron chi connectivity index (χ1n) is 9.03. The smallest absolute Gasteiger partial charge is 0.254 e. The van der Waals surface area contributed by atoms with Crippen molar-refractivity contribution in [2.75, 3.05) is 11.9 Å². The molecule has 6 heteroatoms. The molecule has 2 aromatic heterocycles. The van der Waals surface area contributed by atoms with E-state index in [1.54, 1.807) is 4.52 Å². The van der Waals surface area contributed by atoms with Crippen molar-refractivity contribution in [3.05, 3.63) is 78.6 Å². The first-order chi connectivity index (χ1) is 13.3. The highest BCUT2D eigenvalue weighted by Gasteiger charge is 2.15. The molecular weight excluding hydrogens is 338 g/mol. The molecule has 136 valence electrons. The van der Waals surface area contributed by atoms with Crippen LogP contribution in [-0.4, -0.2) is 31.3 Å². The van der Waals surface area contributed by atoms with Gasteiger partial charge in [-0.1, -0.05) is 60.7 Å². The number of aliphatic hydroxyl groups excluding tert-OH is 1. The summed E-state index contributed by atoms with van der Waals surface area (Å²) in [6.45, 7) is 0.162. The lowest BCUT2D eigenvalue weighted by molar-refractivity contribution is 0.281. The van der Waals surface area contributed by atoms with E-state index in [2.05, 4.69) is 32.5 Å². The molecule has 6 nitrogen and oxygen atoms in total. The van der Waals surface area contributed by atoms with Gasteiger partial charge >= 0.3 is 0 Å². The molecule has 0 bridgehead atoms. The number of benzene rings is 2. The van der Waals surface area contributed by atoms with Crippen LogP contribution in [0, 0.1) is 0 Å². The molecule has 4 rings (SSSR count). The Hall–Kier alpha value is -3.25. The third-order valence-corrected chi connectivity index (χ3v) is 4.50. The largest absolute Gasteiger partial charge is 0.396 e. The van der Waals surface area contributed by atoms with Crippen molar-refractivity contribution in [2.24, 2.45) is 0 Å². The summed E-state index contributed by atoms with van der Waals surface area (Å²) in [5.41, 5.74) is 3.03. The first-order valence-corrected chi connectivity index (χ1v) is 9.03. The van der Waals surface area contributed by atoms with Gasteiger partial charge in [-0.05, 0) is 18.4 Å². The predicted octanol–water partition coefficient (Wildman–Crippen LogP) is 3.72. The number of hydrogen-bond acceptors (Lipinski definition) is 5. The summed E-state index contributed by atoms with van der Waals surface area (Å²) in [4.78, 5) is 8.89. The lowest BCUT2D eigenvalue weighted by Gasteiger charge is -2.21. The molecule has 0 aliphatic heterocycles. The lowest BCUT2D eigenvalue weighted by Crippen LogP contribution is -2.15. The third-order valence-electron chi connectivity index (χ3n) is 4.50. The van der Waals surface area contributed by atoms with Gasteiger partial charge in [-0.25, -0.2) is 4.98 Å². The third kappa shape index (κ3) is 3.80. The SMILES string of the molecule is OCCCC(Nc1cc(-c2ccccc2)nc2ncnn12)c1ccccc1. The number of nitrogens with zero attached hydrogens (tertiary/aromatic N) is 4. The monoisotopic (exact) mass is 359 g/mol. The van der Waals surface area contributed by atoms with E-state index in [1.807, 2.05) is 54.6 Å². The Bertz CT molecular complexity index is 1000. The van der Waals surface area contributed by atoms with E-state index >= 15 is 0 Å². The Balaban J connectivity index is 1.74. The maximum atomic E-state index is 9.29. The molecule has 0 fully saturated rings. The molecule has 0 spiro atoms. The van der Waals surface area contributed by atoms with Crippen molar-refractivity contribution in [2.45, 2.75) is 18.9 Å². The van der Waals surface area contributed by atoms with Crippen LogP contribution in [0.5, 0.6) is 0 Å². The van der Waals surface area contributed by atoms with E-state index in [0.717, 1.165) is 29.1 Å². The molecule has 4 aromatic rings. The average Bonchev–Trinajstić information content (AvgIpc) is 3.21. The van der Waals surface area contributed by atoms with Crippen LogP contribution in [0.1, 0.15) is 24.4 Å². The highest BCUT2D eigenvalue weighted by atomic mass is 16.2. The van der Waals surface area contributed by atoms with Gasteiger partial charge in [0.15, 0.2) is 0 Å². The van der Waals surface area contributed by atoms with Crippen LogP contribution in [0.25, 0.3) is 17.0 Å². The molecule has 0 amide bonds. The van der Waals surface area contributed by atoms with Gasteiger partial charge in [-0.2, -0.15) is 14.6 Å². The minimum atomic E-state index is 0.0526. The Morgan fingerprint density at radius 1 is 1.00 bits per heavy atom. The fourth-order valence-corrected chi connectivity index (χ4v) is 3.15. The quantitative estimate of drug-likeness (QED) is 0.526. The molecule has 2 aromatic carbocycles. The van der Waals surface area contributed by atoms with Crippen molar-refractivity contribution in [1.82, 2.24) is 19.6 Å². The molecule has 27 heavy (non-hydrogen) atoms. The Morgan fingerprint density at radius 2 is 1.74 bits per heavy atom. The van der Waals surface area contributed by atoms with E-state index in [4.69, 9.17) is 0 Å². The Labute approximate surface area is 157 Å². The number of rotatable bonds is 7. The van der Waals surface area contributed by atoms with Crippen molar-refractivity contribution in [3.8, 4) is 11.3 Å². The van der Waals surface area contributed by atoms with Crippen molar-refractivity contribution in [3.63, 3.8) is 0 Å². The Morgan fingerprint density at radius 3 is 2.48 bits per heavy atom.